The molecule has 2 aliphatic heterocycles. The molecule has 30 heavy (non-hydrogen) atoms. The van der Waals surface area contributed by atoms with Crippen LogP contribution in [0.3, 0.4) is 0 Å². The molecule has 1 aromatic heterocycles. The highest BCUT2D eigenvalue weighted by atomic mass is 32.1. The second kappa shape index (κ2) is 14.9. The molecule has 2 aliphatic rings. The minimum atomic E-state index is -0.928. The second-order valence-electron chi connectivity index (χ2n) is 7.20. The Morgan fingerprint density at radius 2 is 2.00 bits per heavy atom. The summed E-state index contributed by atoms with van der Waals surface area (Å²) in [5.74, 6) is 0. The number of aromatic nitrogens is 1. The predicted octanol–water partition coefficient (Wildman–Crippen LogP) is 3.49. The third-order valence-corrected chi connectivity index (χ3v) is 5.54. The number of hydrogen-bond donors (Lipinski definition) is 5. The molecule has 0 aliphatic carbocycles. The van der Waals surface area contributed by atoms with E-state index in [0.29, 0.717) is 12.6 Å². The van der Waals surface area contributed by atoms with Gasteiger partial charge < -0.3 is 26.2 Å². The number of rotatable bonds is 4. The minimum absolute atomic E-state index is 0. The largest absolute Gasteiger partial charge is 0.465 e. The van der Waals surface area contributed by atoms with E-state index in [2.05, 4.69) is 51.5 Å². The van der Waals surface area contributed by atoms with Crippen LogP contribution in [-0.4, -0.2) is 59.0 Å². The Kier molecular flexibility index (Phi) is 12.9. The van der Waals surface area contributed by atoms with E-state index in [4.69, 9.17) is 10.2 Å². The Bertz CT molecular complexity index is 683. The van der Waals surface area contributed by atoms with Crippen molar-refractivity contribution in [2.75, 3.05) is 26.2 Å². The molecule has 0 spiro atoms. The lowest BCUT2D eigenvalue weighted by Gasteiger charge is -2.08. The zero-order valence-electron chi connectivity index (χ0n) is 16.9. The van der Waals surface area contributed by atoms with Gasteiger partial charge in [0.1, 0.15) is 0 Å². The van der Waals surface area contributed by atoms with Crippen molar-refractivity contribution in [1.82, 2.24) is 20.3 Å². The van der Waals surface area contributed by atoms with Crippen LogP contribution in [-0.2, 0) is 0 Å². The van der Waals surface area contributed by atoms with E-state index in [9.17, 15) is 4.79 Å². The van der Waals surface area contributed by atoms with Crippen molar-refractivity contribution >= 4 is 17.6 Å². The number of aliphatic hydroxyl groups is 1. The molecule has 2 fully saturated rings. The summed E-state index contributed by atoms with van der Waals surface area (Å²) in [5, 5.41) is 25.6. The Morgan fingerprint density at radius 3 is 2.47 bits per heavy atom. The molecule has 8 heteroatoms. The molecule has 1 amide bonds. The Hall–Kier alpha value is -2.00. The molecule has 2 saturated heterocycles. The third kappa shape index (κ3) is 10.7. The highest BCUT2D eigenvalue weighted by molar-refractivity contribution is 7.09. The summed E-state index contributed by atoms with van der Waals surface area (Å²) in [5.41, 5.74) is 2.55. The van der Waals surface area contributed by atoms with E-state index in [1.54, 1.807) is 0 Å². The van der Waals surface area contributed by atoms with Gasteiger partial charge in [0.25, 0.3) is 0 Å². The van der Waals surface area contributed by atoms with E-state index in [1.807, 2.05) is 12.3 Å². The van der Waals surface area contributed by atoms with Crippen molar-refractivity contribution in [1.29, 1.82) is 0 Å². The highest BCUT2D eigenvalue weighted by Crippen LogP contribution is 2.22. The topological polar surface area (TPSA) is 107 Å². The Labute approximate surface area is 184 Å². The quantitative estimate of drug-likeness (QED) is 0.502. The van der Waals surface area contributed by atoms with Crippen LogP contribution >= 0.6 is 11.5 Å². The fourth-order valence-electron chi connectivity index (χ4n) is 3.08. The van der Waals surface area contributed by atoms with Crippen LogP contribution in [0.1, 0.15) is 38.7 Å². The Balaban J connectivity index is 0.000000233. The van der Waals surface area contributed by atoms with Gasteiger partial charge in [-0.3, -0.25) is 0 Å². The van der Waals surface area contributed by atoms with Crippen molar-refractivity contribution < 1.29 is 15.0 Å². The maximum Gasteiger partial charge on any atom is 0.404 e. The summed E-state index contributed by atoms with van der Waals surface area (Å²) in [6, 6.07) is 11.1. The molecule has 3 heterocycles. The van der Waals surface area contributed by atoms with Gasteiger partial charge in [-0.05, 0) is 68.9 Å². The average molecular weight is 437 g/mol. The van der Waals surface area contributed by atoms with Crippen LogP contribution < -0.4 is 16.0 Å². The summed E-state index contributed by atoms with van der Waals surface area (Å²) in [6.07, 6.45) is 5.08. The monoisotopic (exact) mass is 436 g/mol. The van der Waals surface area contributed by atoms with Gasteiger partial charge in [-0.15, -0.1) is 0 Å². The smallest absolute Gasteiger partial charge is 0.404 e. The van der Waals surface area contributed by atoms with Crippen LogP contribution in [0.5, 0.6) is 0 Å². The number of nitrogens with one attached hydrogen (secondary N) is 3. The van der Waals surface area contributed by atoms with Gasteiger partial charge in [0, 0.05) is 25.3 Å². The van der Waals surface area contributed by atoms with Gasteiger partial charge in [-0.2, -0.15) is 0 Å². The molecular formula is C22H36N4O3S. The molecule has 7 nitrogen and oxygen atoms in total. The van der Waals surface area contributed by atoms with Crippen LogP contribution in [0.25, 0.3) is 10.4 Å². The molecule has 4 rings (SSSR count). The lowest BCUT2D eigenvalue weighted by molar-refractivity contribution is 0.194. The van der Waals surface area contributed by atoms with E-state index >= 15 is 0 Å². The van der Waals surface area contributed by atoms with Gasteiger partial charge in [-0.1, -0.05) is 37.3 Å². The molecule has 0 bridgehead atoms. The van der Waals surface area contributed by atoms with Gasteiger partial charge in [0.15, 0.2) is 0 Å². The van der Waals surface area contributed by atoms with E-state index in [1.165, 1.54) is 40.4 Å². The van der Waals surface area contributed by atoms with Crippen LogP contribution in [0, 0.1) is 6.92 Å². The summed E-state index contributed by atoms with van der Waals surface area (Å²) in [7, 11) is 0. The zero-order valence-corrected chi connectivity index (χ0v) is 17.8. The first-order valence-corrected chi connectivity index (χ1v) is 10.9. The molecule has 2 unspecified atom stereocenters. The molecule has 1 aromatic carbocycles. The number of β-amino-alcohol motifs (C(OH)–C–C–N with tert-alkyl or cyclic N) is 1. The number of amides is 1. The van der Waals surface area contributed by atoms with Crippen molar-refractivity contribution in [2.24, 2.45) is 0 Å². The summed E-state index contributed by atoms with van der Waals surface area (Å²) >= 11 is 1.53. The number of aryl methyl sites for hydroxylation is 1. The van der Waals surface area contributed by atoms with Gasteiger partial charge >= 0.3 is 6.09 Å². The fraction of sp³-hybridized carbons (Fsp3) is 0.545. The average Bonchev–Trinajstić information content (AvgIpc) is 3.47. The maximum absolute atomic E-state index is 10.0. The van der Waals surface area contributed by atoms with Crippen molar-refractivity contribution in [3.63, 3.8) is 0 Å². The molecule has 0 saturated carbocycles. The molecule has 2 atom stereocenters. The normalized spacial score (nSPS) is 19.5. The number of aliphatic hydroxyl groups excluding tert-OH is 1. The first kappa shape index (κ1) is 26.0. The maximum atomic E-state index is 10.0. The van der Waals surface area contributed by atoms with E-state index in [0.717, 1.165) is 32.5 Å². The minimum Gasteiger partial charge on any atom is -0.465 e. The molecular weight excluding hydrogens is 400 g/mol. The van der Waals surface area contributed by atoms with Crippen molar-refractivity contribution in [3.8, 4) is 10.4 Å². The van der Waals surface area contributed by atoms with E-state index in [-0.39, 0.29) is 13.5 Å². The molecule has 2 aromatic rings. The van der Waals surface area contributed by atoms with Crippen molar-refractivity contribution in [3.05, 3.63) is 42.1 Å². The number of benzene rings is 1. The molecule has 168 valence electrons. The molecule has 5 N–H and O–H groups in total. The fourth-order valence-corrected chi connectivity index (χ4v) is 3.68. The lowest BCUT2D eigenvalue weighted by atomic mass is 10.1. The SMILES string of the molecule is C.Cc1ccc(-c2ccns2)cc1.O=C(O)NCCC1CCCN1.OC1CCNC1. The predicted molar refractivity (Wildman–Crippen MR) is 124 cm³/mol. The van der Waals surface area contributed by atoms with Crippen LogP contribution in [0.4, 0.5) is 4.79 Å². The highest BCUT2D eigenvalue weighted by Gasteiger charge is 2.13. The van der Waals surface area contributed by atoms with E-state index < -0.39 is 6.09 Å². The van der Waals surface area contributed by atoms with Crippen molar-refractivity contribution in [2.45, 2.75) is 52.2 Å². The summed E-state index contributed by atoms with van der Waals surface area (Å²) in [6.45, 7) is 5.52. The number of carboxylic acid groups (broad SMARTS) is 1. The number of carbonyl (C=O) groups is 1. The molecule has 0 radical (unpaired) electrons. The standard InChI is InChI=1S/C10H9NS.C7H14N2O2.C4H9NO.CH4/c1-8-2-4-9(5-3-8)10-6-7-11-12-10;10-7(11)9-5-3-6-2-1-4-8-6;6-4-1-2-5-3-4;/h2-7H,1H3;6,8-9H,1-5H2,(H,10,11);4-6H,1-3H2;1H4. The zero-order chi connectivity index (χ0) is 20.9. The second-order valence-corrected chi connectivity index (χ2v) is 8.04. The summed E-state index contributed by atoms with van der Waals surface area (Å²) in [4.78, 5) is 11.3. The summed E-state index contributed by atoms with van der Waals surface area (Å²) < 4.78 is 4.06. The van der Waals surface area contributed by atoms with Crippen LogP contribution in [0.2, 0.25) is 0 Å². The lowest BCUT2D eigenvalue weighted by Crippen LogP contribution is -2.29. The van der Waals surface area contributed by atoms with Gasteiger partial charge in [0.05, 0.1) is 11.0 Å². The van der Waals surface area contributed by atoms with Gasteiger partial charge in [-0.25, -0.2) is 9.17 Å². The number of nitrogens with zero attached hydrogens (tertiary/aromatic N) is 1. The first-order valence-electron chi connectivity index (χ1n) is 10.1. The van der Waals surface area contributed by atoms with Gasteiger partial charge in [0.2, 0.25) is 0 Å². The first-order chi connectivity index (χ1) is 14.0. The third-order valence-electron chi connectivity index (χ3n) is 4.74. The number of hydrogen-bond acceptors (Lipinski definition) is 6. The van der Waals surface area contributed by atoms with Crippen LogP contribution in [0.15, 0.2) is 36.5 Å². The Morgan fingerprint density at radius 1 is 1.23 bits per heavy atom.